The molecule has 0 saturated carbocycles. The summed E-state index contributed by atoms with van der Waals surface area (Å²) in [5.41, 5.74) is 2.68. The number of ether oxygens (including phenoxy) is 1. The average molecular weight is 251 g/mol. The fraction of sp³-hybridized carbons (Fsp3) is 0.571. The molecular weight excluding hydrogens is 230 g/mol. The van der Waals surface area contributed by atoms with E-state index < -0.39 is 0 Å². The fourth-order valence-electron chi connectivity index (χ4n) is 2.17. The molecule has 3 heteroatoms. The van der Waals surface area contributed by atoms with Crippen molar-refractivity contribution < 1.29 is 4.74 Å². The van der Waals surface area contributed by atoms with E-state index in [1.807, 2.05) is 11.8 Å². The Hall–Kier alpha value is -0.670. The first-order valence-corrected chi connectivity index (χ1v) is 7.65. The van der Waals surface area contributed by atoms with Gasteiger partial charge in [0.25, 0.3) is 0 Å². The fourth-order valence-corrected chi connectivity index (χ4v) is 2.60. The second-order valence-corrected chi connectivity index (χ2v) is 5.59. The first-order chi connectivity index (χ1) is 8.29. The van der Waals surface area contributed by atoms with E-state index in [2.05, 4.69) is 36.7 Å². The van der Waals surface area contributed by atoms with Gasteiger partial charge < -0.3 is 10.1 Å². The molecule has 0 radical (unpaired) electrons. The third-order valence-corrected chi connectivity index (χ3v) is 3.73. The van der Waals surface area contributed by atoms with Crippen LogP contribution in [0.4, 0.5) is 0 Å². The maximum atomic E-state index is 5.90. The zero-order valence-electron chi connectivity index (χ0n) is 10.7. The summed E-state index contributed by atoms with van der Waals surface area (Å²) in [6.07, 6.45) is 4.76. The van der Waals surface area contributed by atoms with Crippen LogP contribution in [0.25, 0.3) is 0 Å². The van der Waals surface area contributed by atoms with Gasteiger partial charge in [-0.1, -0.05) is 17.7 Å². The number of nitrogens with one attached hydrogen (secondary N) is 1. The average Bonchev–Trinajstić information content (AvgIpc) is 2.70. The lowest BCUT2D eigenvalue weighted by Gasteiger charge is -2.11. The molecule has 1 aliphatic heterocycles. The van der Waals surface area contributed by atoms with Crippen LogP contribution < -0.4 is 10.1 Å². The summed E-state index contributed by atoms with van der Waals surface area (Å²) in [7, 11) is 0. The van der Waals surface area contributed by atoms with Crippen LogP contribution in [-0.4, -0.2) is 31.2 Å². The van der Waals surface area contributed by atoms with Gasteiger partial charge in [-0.3, -0.25) is 0 Å². The van der Waals surface area contributed by atoms with E-state index in [1.165, 1.54) is 23.3 Å². The third-order valence-electron chi connectivity index (χ3n) is 3.03. The predicted octanol–water partition coefficient (Wildman–Crippen LogP) is 2.64. The van der Waals surface area contributed by atoms with E-state index in [1.54, 1.807) is 0 Å². The van der Waals surface area contributed by atoms with Crippen molar-refractivity contribution in [2.75, 3.05) is 25.1 Å². The second kappa shape index (κ2) is 6.31. The number of fused-ring (bicyclic) bond motifs is 1. The Balaban J connectivity index is 1.73. The van der Waals surface area contributed by atoms with Crippen LogP contribution >= 0.6 is 11.8 Å². The zero-order valence-corrected chi connectivity index (χ0v) is 11.5. The number of aryl methyl sites for hydroxylation is 1. The molecule has 94 valence electrons. The van der Waals surface area contributed by atoms with E-state index >= 15 is 0 Å². The zero-order chi connectivity index (χ0) is 12.1. The Kier molecular flexibility index (Phi) is 4.75. The number of rotatable bonds is 6. The van der Waals surface area contributed by atoms with Crippen LogP contribution in [0.5, 0.6) is 5.75 Å². The van der Waals surface area contributed by atoms with Gasteiger partial charge in [0, 0.05) is 13.0 Å². The highest BCUT2D eigenvalue weighted by molar-refractivity contribution is 7.98. The van der Waals surface area contributed by atoms with E-state index in [-0.39, 0.29) is 0 Å². The number of benzene rings is 1. The van der Waals surface area contributed by atoms with E-state index in [9.17, 15) is 0 Å². The molecule has 1 N–H and O–H groups in total. The summed E-state index contributed by atoms with van der Waals surface area (Å²) in [6, 6.07) is 6.45. The maximum Gasteiger partial charge on any atom is 0.123 e. The van der Waals surface area contributed by atoms with Gasteiger partial charge in [0.1, 0.15) is 11.9 Å². The molecule has 1 aliphatic rings. The van der Waals surface area contributed by atoms with Gasteiger partial charge in [-0.2, -0.15) is 11.8 Å². The van der Waals surface area contributed by atoms with Crippen molar-refractivity contribution in [2.45, 2.75) is 25.9 Å². The quantitative estimate of drug-likeness (QED) is 0.785. The topological polar surface area (TPSA) is 21.3 Å². The monoisotopic (exact) mass is 251 g/mol. The molecule has 0 fully saturated rings. The molecule has 0 saturated heterocycles. The van der Waals surface area contributed by atoms with Gasteiger partial charge in [-0.05, 0) is 43.5 Å². The summed E-state index contributed by atoms with van der Waals surface area (Å²) in [4.78, 5) is 0. The standard InChI is InChI=1S/C14H21NOS/c1-11-4-5-14-12(8-11)9-13(16-14)10-15-6-3-7-17-2/h4-5,8,13,15H,3,6-7,9-10H2,1-2H3. The Morgan fingerprint density at radius 1 is 1.47 bits per heavy atom. The molecule has 2 nitrogen and oxygen atoms in total. The molecule has 1 aromatic carbocycles. The molecule has 0 aliphatic carbocycles. The first-order valence-electron chi connectivity index (χ1n) is 6.25. The highest BCUT2D eigenvalue weighted by Gasteiger charge is 2.21. The molecular formula is C14H21NOS. The molecule has 1 aromatic rings. The summed E-state index contributed by atoms with van der Waals surface area (Å²) < 4.78 is 5.90. The highest BCUT2D eigenvalue weighted by Crippen LogP contribution is 2.29. The van der Waals surface area contributed by atoms with Crippen molar-refractivity contribution in [3.05, 3.63) is 29.3 Å². The lowest BCUT2D eigenvalue weighted by atomic mass is 10.1. The Labute approximate surface area is 108 Å². The molecule has 0 spiro atoms. The van der Waals surface area contributed by atoms with Gasteiger partial charge >= 0.3 is 0 Å². The Morgan fingerprint density at radius 3 is 3.18 bits per heavy atom. The van der Waals surface area contributed by atoms with Crippen molar-refractivity contribution in [2.24, 2.45) is 0 Å². The van der Waals surface area contributed by atoms with E-state index in [4.69, 9.17) is 4.74 Å². The van der Waals surface area contributed by atoms with Crippen molar-refractivity contribution in [3.8, 4) is 5.75 Å². The van der Waals surface area contributed by atoms with Crippen LogP contribution in [0.3, 0.4) is 0 Å². The third kappa shape index (κ3) is 3.65. The largest absolute Gasteiger partial charge is 0.488 e. The van der Waals surface area contributed by atoms with Crippen molar-refractivity contribution in [3.63, 3.8) is 0 Å². The van der Waals surface area contributed by atoms with Gasteiger partial charge in [-0.25, -0.2) is 0 Å². The highest BCUT2D eigenvalue weighted by atomic mass is 32.2. The summed E-state index contributed by atoms with van der Waals surface area (Å²) in [5, 5.41) is 3.47. The minimum absolute atomic E-state index is 0.320. The van der Waals surface area contributed by atoms with Crippen LogP contribution in [0.1, 0.15) is 17.5 Å². The minimum atomic E-state index is 0.320. The first kappa shape index (κ1) is 12.8. The summed E-state index contributed by atoms with van der Waals surface area (Å²) >= 11 is 1.90. The van der Waals surface area contributed by atoms with E-state index in [0.717, 1.165) is 25.3 Å². The van der Waals surface area contributed by atoms with Crippen molar-refractivity contribution >= 4 is 11.8 Å². The van der Waals surface area contributed by atoms with Crippen LogP contribution in [0.2, 0.25) is 0 Å². The smallest absolute Gasteiger partial charge is 0.123 e. The van der Waals surface area contributed by atoms with E-state index in [0.29, 0.717) is 6.10 Å². The second-order valence-electron chi connectivity index (χ2n) is 4.61. The number of hydrogen-bond acceptors (Lipinski definition) is 3. The van der Waals surface area contributed by atoms with Gasteiger partial charge in [-0.15, -0.1) is 0 Å². The summed E-state index contributed by atoms with van der Waals surface area (Å²) in [6.45, 7) is 4.19. The van der Waals surface area contributed by atoms with Crippen molar-refractivity contribution in [1.29, 1.82) is 0 Å². The van der Waals surface area contributed by atoms with Gasteiger partial charge in [0.2, 0.25) is 0 Å². The molecule has 0 aromatic heterocycles. The molecule has 0 amide bonds. The van der Waals surface area contributed by atoms with Crippen LogP contribution in [0.15, 0.2) is 18.2 Å². The lowest BCUT2D eigenvalue weighted by molar-refractivity contribution is 0.228. The molecule has 1 heterocycles. The molecule has 0 bridgehead atoms. The Bertz CT molecular complexity index is 367. The number of hydrogen-bond donors (Lipinski definition) is 1. The summed E-state index contributed by atoms with van der Waals surface area (Å²) in [5.74, 6) is 2.31. The maximum absolute atomic E-state index is 5.90. The van der Waals surface area contributed by atoms with Crippen LogP contribution in [0, 0.1) is 6.92 Å². The minimum Gasteiger partial charge on any atom is -0.488 e. The number of thioether (sulfide) groups is 1. The normalized spacial score (nSPS) is 17.9. The molecule has 1 unspecified atom stereocenters. The predicted molar refractivity (Wildman–Crippen MR) is 75.2 cm³/mol. The van der Waals surface area contributed by atoms with Gasteiger partial charge in [0.05, 0.1) is 0 Å². The molecule has 1 atom stereocenters. The SMILES string of the molecule is CSCCCNCC1Cc2cc(C)ccc2O1. The van der Waals surface area contributed by atoms with Crippen molar-refractivity contribution in [1.82, 2.24) is 5.32 Å². The Morgan fingerprint density at radius 2 is 2.35 bits per heavy atom. The van der Waals surface area contributed by atoms with Crippen LogP contribution in [-0.2, 0) is 6.42 Å². The lowest BCUT2D eigenvalue weighted by Crippen LogP contribution is -2.30. The molecule has 17 heavy (non-hydrogen) atoms. The molecule has 2 rings (SSSR count). The van der Waals surface area contributed by atoms with Gasteiger partial charge in [0.15, 0.2) is 0 Å².